The van der Waals surface area contributed by atoms with Crippen molar-refractivity contribution in [3.05, 3.63) is 68.9 Å². The van der Waals surface area contributed by atoms with Crippen molar-refractivity contribution in [2.45, 2.75) is 25.0 Å². The Morgan fingerprint density at radius 2 is 1.79 bits per heavy atom. The van der Waals surface area contributed by atoms with Crippen LogP contribution < -0.4 is 5.32 Å². The van der Waals surface area contributed by atoms with Gasteiger partial charge >= 0.3 is 0 Å². The van der Waals surface area contributed by atoms with Crippen molar-refractivity contribution in [3.8, 4) is 0 Å². The standard InChI is InChI=1S/C19H17Cl3N4OS/c1-2-26-17(9-12-3-5-13(20)6-4-12)24-25-19(26)28-11-18(27)23-16-10-14(21)7-8-15(16)22/h3-8,10H,2,9,11H2,1H3,(H,23,27). The van der Waals surface area contributed by atoms with Gasteiger partial charge in [-0.1, -0.05) is 58.7 Å². The molecule has 0 atom stereocenters. The maximum atomic E-state index is 12.3. The number of carbonyl (C=O) groups excluding carboxylic acids is 1. The Morgan fingerprint density at radius 3 is 2.50 bits per heavy atom. The predicted molar refractivity (Wildman–Crippen MR) is 116 cm³/mol. The molecule has 0 saturated heterocycles. The Balaban J connectivity index is 1.64. The fourth-order valence-electron chi connectivity index (χ4n) is 2.57. The van der Waals surface area contributed by atoms with E-state index in [0.717, 1.165) is 11.4 Å². The summed E-state index contributed by atoms with van der Waals surface area (Å²) in [6.07, 6.45) is 0.642. The summed E-state index contributed by atoms with van der Waals surface area (Å²) in [5, 5.41) is 13.6. The van der Waals surface area contributed by atoms with Crippen molar-refractivity contribution < 1.29 is 4.79 Å². The van der Waals surface area contributed by atoms with Gasteiger partial charge in [0.25, 0.3) is 0 Å². The van der Waals surface area contributed by atoms with Crippen molar-refractivity contribution in [3.63, 3.8) is 0 Å². The van der Waals surface area contributed by atoms with Crippen LogP contribution >= 0.6 is 46.6 Å². The predicted octanol–water partition coefficient (Wildman–Crippen LogP) is 5.58. The molecule has 0 aliphatic heterocycles. The van der Waals surface area contributed by atoms with E-state index in [1.54, 1.807) is 18.2 Å². The molecule has 0 saturated carbocycles. The summed E-state index contributed by atoms with van der Waals surface area (Å²) in [5.41, 5.74) is 1.58. The Morgan fingerprint density at radius 1 is 1.07 bits per heavy atom. The molecule has 3 rings (SSSR count). The van der Waals surface area contributed by atoms with E-state index in [-0.39, 0.29) is 11.7 Å². The number of benzene rings is 2. The lowest BCUT2D eigenvalue weighted by atomic mass is 10.1. The second kappa shape index (κ2) is 9.65. The molecule has 3 aromatic rings. The number of rotatable bonds is 7. The van der Waals surface area contributed by atoms with Crippen LogP contribution in [0.4, 0.5) is 5.69 Å². The van der Waals surface area contributed by atoms with Crippen LogP contribution in [0.1, 0.15) is 18.3 Å². The van der Waals surface area contributed by atoms with E-state index in [0.29, 0.717) is 38.9 Å². The smallest absolute Gasteiger partial charge is 0.234 e. The van der Waals surface area contributed by atoms with Gasteiger partial charge < -0.3 is 9.88 Å². The number of amides is 1. The highest BCUT2D eigenvalue weighted by Crippen LogP contribution is 2.26. The minimum absolute atomic E-state index is 0.182. The third-order valence-electron chi connectivity index (χ3n) is 3.92. The molecule has 0 aliphatic rings. The Labute approximate surface area is 182 Å². The quantitative estimate of drug-likeness (QED) is 0.472. The molecule has 2 aromatic carbocycles. The number of nitrogens with zero attached hydrogens (tertiary/aromatic N) is 3. The van der Waals surface area contributed by atoms with E-state index in [2.05, 4.69) is 15.5 Å². The lowest BCUT2D eigenvalue weighted by molar-refractivity contribution is -0.113. The minimum Gasteiger partial charge on any atom is -0.324 e. The zero-order chi connectivity index (χ0) is 20.1. The molecule has 0 unspecified atom stereocenters. The molecule has 1 N–H and O–H groups in total. The molecular formula is C19H17Cl3N4OS. The molecule has 1 amide bonds. The van der Waals surface area contributed by atoms with E-state index < -0.39 is 0 Å². The van der Waals surface area contributed by atoms with E-state index in [9.17, 15) is 4.79 Å². The first-order valence-electron chi connectivity index (χ1n) is 8.50. The number of halogens is 3. The van der Waals surface area contributed by atoms with Gasteiger partial charge in [-0.25, -0.2) is 0 Å². The number of hydrogen-bond donors (Lipinski definition) is 1. The SMILES string of the molecule is CCn1c(Cc2ccc(Cl)cc2)nnc1SCC(=O)Nc1cc(Cl)ccc1Cl. The van der Waals surface area contributed by atoms with Crippen LogP contribution in [0.3, 0.4) is 0 Å². The van der Waals surface area contributed by atoms with Crippen LogP contribution in [0.15, 0.2) is 47.6 Å². The number of anilines is 1. The Bertz CT molecular complexity index is 976. The molecule has 0 spiro atoms. The first-order valence-corrected chi connectivity index (χ1v) is 10.6. The van der Waals surface area contributed by atoms with Gasteiger partial charge in [0.1, 0.15) is 5.82 Å². The van der Waals surface area contributed by atoms with Gasteiger partial charge in [0, 0.05) is 23.0 Å². The molecule has 0 radical (unpaired) electrons. The van der Waals surface area contributed by atoms with Gasteiger partial charge in [-0.3, -0.25) is 4.79 Å². The number of hydrogen-bond acceptors (Lipinski definition) is 4. The Kier molecular flexibility index (Phi) is 7.24. The van der Waals surface area contributed by atoms with Crippen LogP contribution in [-0.4, -0.2) is 26.4 Å². The van der Waals surface area contributed by atoms with Crippen LogP contribution in [0.2, 0.25) is 15.1 Å². The van der Waals surface area contributed by atoms with E-state index >= 15 is 0 Å². The van der Waals surface area contributed by atoms with Crippen molar-refractivity contribution in [2.75, 3.05) is 11.1 Å². The van der Waals surface area contributed by atoms with Crippen LogP contribution in [-0.2, 0) is 17.8 Å². The summed E-state index contributed by atoms with van der Waals surface area (Å²) in [6, 6.07) is 12.6. The number of carbonyl (C=O) groups is 1. The zero-order valence-electron chi connectivity index (χ0n) is 15.0. The third-order valence-corrected chi connectivity index (χ3v) is 5.70. The number of thioether (sulfide) groups is 1. The van der Waals surface area contributed by atoms with E-state index in [1.807, 2.05) is 35.8 Å². The number of nitrogens with one attached hydrogen (secondary N) is 1. The molecule has 0 bridgehead atoms. The van der Waals surface area contributed by atoms with Crippen molar-refractivity contribution in [2.24, 2.45) is 0 Å². The first-order chi connectivity index (χ1) is 13.5. The summed E-state index contributed by atoms with van der Waals surface area (Å²) < 4.78 is 2.00. The third kappa shape index (κ3) is 5.41. The summed E-state index contributed by atoms with van der Waals surface area (Å²) in [4.78, 5) is 12.3. The first kappa shape index (κ1) is 21.0. The topological polar surface area (TPSA) is 59.8 Å². The fraction of sp³-hybridized carbons (Fsp3) is 0.211. The minimum atomic E-state index is -0.195. The lowest BCUT2D eigenvalue weighted by Crippen LogP contribution is -2.15. The fourth-order valence-corrected chi connectivity index (χ4v) is 3.85. The molecule has 0 fully saturated rings. The zero-order valence-corrected chi connectivity index (χ0v) is 18.0. The summed E-state index contributed by atoms with van der Waals surface area (Å²) >= 11 is 19.3. The molecule has 146 valence electrons. The highest BCUT2D eigenvalue weighted by atomic mass is 35.5. The normalized spacial score (nSPS) is 10.9. The molecule has 1 heterocycles. The maximum Gasteiger partial charge on any atom is 0.234 e. The largest absolute Gasteiger partial charge is 0.324 e. The molecule has 9 heteroatoms. The average Bonchev–Trinajstić information content (AvgIpc) is 3.06. The van der Waals surface area contributed by atoms with Crippen LogP contribution in [0, 0.1) is 0 Å². The highest BCUT2D eigenvalue weighted by molar-refractivity contribution is 7.99. The van der Waals surface area contributed by atoms with Gasteiger partial charge in [-0.15, -0.1) is 10.2 Å². The molecular weight excluding hydrogens is 439 g/mol. The van der Waals surface area contributed by atoms with Crippen molar-refractivity contribution >= 4 is 58.2 Å². The van der Waals surface area contributed by atoms with Crippen molar-refractivity contribution in [1.82, 2.24) is 14.8 Å². The van der Waals surface area contributed by atoms with Gasteiger partial charge in [-0.2, -0.15) is 0 Å². The van der Waals surface area contributed by atoms with Gasteiger partial charge in [0.2, 0.25) is 5.91 Å². The monoisotopic (exact) mass is 454 g/mol. The lowest BCUT2D eigenvalue weighted by Gasteiger charge is -2.09. The van der Waals surface area contributed by atoms with Gasteiger partial charge in [-0.05, 0) is 42.8 Å². The van der Waals surface area contributed by atoms with Gasteiger partial charge in [0.15, 0.2) is 5.16 Å². The summed E-state index contributed by atoms with van der Waals surface area (Å²) in [7, 11) is 0. The summed E-state index contributed by atoms with van der Waals surface area (Å²) in [5.74, 6) is 0.826. The maximum absolute atomic E-state index is 12.3. The summed E-state index contributed by atoms with van der Waals surface area (Å²) in [6.45, 7) is 2.73. The molecule has 1 aromatic heterocycles. The van der Waals surface area contributed by atoms with E-state index in [1.165, 1.54) is 11.8 Å². The second-order valence-corrected chi connectivity index (χ2v) is 8.13. The second-order valence-electron chi connectivity index (χ2n) is 5.91. The Hall–Kier alpha value is -1.73. The molecule has 5 nitrogen and oxygen atoms in total. The average molecular weight is 456 g/mol. The van der Waals surface area contributed by atoms with Crippen molar-refractivity contribution in [1.29, 1.82) is 0 Å². The van der Waals surface area contributed by atoms with Crippen LogP contribution in [0.5, 0.6) is 0 Å². The van der Waals surface area contributed by atoms with Gasteiger partial charge in [0.05, 0.1) is 16.5 Å². The molecule has 28 heavy (non-hydrogen) atoms. The highest BCUT2D eigenvalue weighted by Gasteiger charge is 2.14. The van der Waals surface area contributed by atoms with E-state index in [4.69, 9.17) is 34.8 Å². The van der Waals surface area contributed by atoms with Crippen LogP contribution in [0.25, 0.3) is 0 Å². The number of aromatic nitrogens is 3. The molecule has 0 aliphatic carbocycles.